The maximum Gasteiger partial charge on any atom is 0.433 e. The number of aromatic nitrogens is 1. The molecule has 1 aliphatic heterocycles. The Balaban J connectivity index is 1.51. The van der Waals surface area contributed by atoms with Crippen LogP contribution in [0.3, 0.4) is 0 Å². The standard InChI is InChI=1S/C16H10N6O5S/c23-15-12(21(20-27-15)10-4-2-1-3-5-10)8-17-19-16-18-11(9-28-16)13-6-7-14(26-13)22(24)25/h1-9,20H. The molecule has 0 spiro atoms. The molecule has 2 aromatic heterocycles. The van der Waals surface area contributed by atoms with Crippen molar-refractivity contribution in [3.8, 4) is 11.5 Å². The second-order valence-corrected chi connectivity index (χ2v) is 6.13. The summed E-state index contributed by atoms with van der Waals surface area (Å²) in [4.78, 5) is 30.9. The van der Waals surface area contributed by atoms with E-state index in [9.17, 15) is 14.9 Å². The van der Waals surface area contributed by atoms with Gasteiger partial charge in [0.05, 0.1) is 18.0 Å². The zero-order valence-corrected chi connectivity index (χ0v) is 14.7. The quantitative estimate of drug-likeness (QED) is 0.297. The van der Waals surface area contributed by atoms with Gasteiger partial charge in [-0.15, -0.1) is 16.5 Å². The first-order valence-electron chi connectivity index (χ1n) is 7.75. The van der Waals surface area contributed by atoms with Crippen molar-refractivity contribution in [2.45, 2.75) is 0 Å². The third-order valence-electron chi connectivity index (χ3n) is 3.53. The lowest BCUT2D eigenvalue weighted by atomic mass is 10.3. The first-order chi connectivity index (χ1) is 13.6. The predicted octanol–water partition coefficient (Wildman–Crippen LogP) is 3.72. The zero-order valence-electron chi connectivity index (χ0n) is 13.9. The molecular weight excluding hydrogens is 388 g/mol. The SMILES string of the molecule is O=C1ONN(c2ccccc2)C1=CN=Nc1nc(-c2ccc([N+](=O)[O-])o2)cs1. The van der Waals surface area contributed by atoms with E-state index in [4.69, 9.17) is 9.25 Å². The zero-order chi connectivity index (χ0) is 19.5. The Bertz CT molecular complexity index is 1090. The van der Waals surface area contributed by atoms with Crippen molar-refractivity contribution >= 4 is 34.0 Å². The minimum Gasteiger partial charge on any atom is -0.399 e. The van der Waals surface area contributed by atoms with E-state index < -0.39 is 10.9 Å². The van der Waals surface area contributed by atoms with Gasteiger partial charge in [-0.25, -0.2) is 14.8 Å². The molecule has 3 aromatic rings. The monoisotopic (exact) mass is 398 g/mol. The number of anilines is 1. The summed E-state index contributed by atoms with van der Waals surface area (Å²) in [6.45, 7) is 0. The van der Waals surface area contributed by atoms with Gasteiger partial charge in [0.2, 0.25) is 5.13 Å². The Kier molecular flexibility index (Phi) is 4.62. The van der Waals surface area contributed by atoms with Crippen molar-refractivity contribution < 1.29 is 19.0 Å². The van der Waals surface area contributed by atoms with Crippen LogP contribution in [-0.2, 0) is 9.63 Å². The van der Waals surface area contributed by atoms with Gasteiger partial charge in [0.1, 0.15) is 10.6 Å². The number of rotatable bonds is 5. The Morgan fingerprint density at radius 3 is 2.82 bits per heavy atom. The van der Waals surface area contributed by atoms with Crippen LogP contribution in [0.4, 0.5) is 16.7 Å². The van der Waals surface area contributed by atoms with Gasteiger partial charge < -0.3 is 9.25 Å². The van der Waals surface area contributed by atoms with Crippen molar-refractivity contribution in [2.75, 3.05) is 5.01 Å². The van der Waals surface area contributed by atoms with E-state index >= 15 is 0 Å². The van der Waals surface area contributed by atoms with Crippen LogP contribution in [0.2, 0.25) is 0 Å². The number of thiazole rings is 1. The number of hydrazine groups is 1. The highest BCUT2D eigenvalue weighted by Crippen LogP contribution is 2.30. The maximum absolute atomic E-state index is 11.9. The predicted molar refractivity (Wildman–Crippen MR) is 97.2 cm³/mol. The van der Waals surface area contributed by atoms with E-state index in [2.05, 4.69) is 20.8 Å². The van der Waals surface area contributed by atoms with Gasteiger partial charge in [-0.05, 0) is 18.2 Å². The summed E-state index contributed by atoms with van der Waals surface area (Å²) >= 11 is 1.17. The number of carbonyl (C=O) groups is 1. The average molecular weight is 398 g/mol. The summed E-state index contributed by atoms with van der Waals surface area (Å²) < 4.78 is 5.09. The van der Waals surface area contributed by atoms with Crippen molar-refractivity contribution in [3.63, 3.8) is 0 Å². The first kappa shape index (κ1) is 17.5. The van der Waals surface area contributed by atoms with Crippen LogP contribution < -0.4 is 10.6 Å². The fourth-order valence-electron chi connectivity index (χ4n) is 2.28. The Labute approximate surface area is 160 Å². The molecule has 28 heavy (non-hydrogen) atoms. The second kappa shape index (κ2) is 7.38. The topological polar surface area (TPSA) is 135 Å². The van der Waals surface area contributed by atoms with Crippen molar-refractivity contribution in [1.29, 1.82) is 0 Å². The van der Waals surface area contributed by atoms with Gasteiger partial charge in [0, 0.05) is 5.38 Å². The summed E-state index contributed by atoms with van der Waals surface area (Å²) in [5.74, 6) is -0.726. The van der Waals surface area contributed by atoms with E-state index in [0.29, 0.717) is 11.4 Å². The molecule has 0 atom stereocenters. The summed E-state index contributed by atoms with van der Waals surface area (Å²) in [5.41, 5.74) is 3.72. The fourth-order valence-corrected chi connectivity index (χ4v) is 2.91. The van der Waals surface area contributed by atoms with E-state index in [-0.39, 0.29) is 22.5 Å². The number of nitrogens with zero attached hydrogens (tertiary/aromatic N) is 5. The highest BCUT2D eigenvalue weighted by atomic mass is 32.1. The number of carbonyl (C=O) groups excluding carboxylic acids is 1. The number of benzene rings is 1. The number of furan rings is 1. The van der Waals surface area contributed by atoms with Crippen LogP contribution in [0, 0.1) is 10.1 Å². The number of hydrogen-bond acceptors (Lipinski definition) is 11. The normalized spacial score (nSPS) is 15.5. The molecule has 1 aromatic carbocycles. The van der Waals surface area contributed by atoms with E-state index in [1.165, 1.54) is 34.7 Å². The van der Waals surface area contributed by atoms with Gasteiger partial charge in [-0.1, -0.05) is 23.8 Å². The lowest BCUT2D eigenvalue weighted by Crippen LogP contribution is -2.28. The number of azo groups is 1. The summed E-state index contributed by atoms with van der Waals surface area (Å²) in [7, 11) is 0. The van der Waals surface area contributed by atoms with Gasteiger partial charge in [0.25, 0.3) is 0 Å². The highest BCUT2D eigenvalue weighted by molar-refractivity contribution is 7.13. The minimum absolute atomic E-state index is 0.147. The Morgan fingerprint density at radius 1 is 1.25 bits per heavy atom. The maximum atomic E-state index is 11.9. The van der Waals surface area contributed by atoms with Crippen LogP contribution in [-0.4, -0.2) is 15.9 Å². The van der Waals surface area contributed by atoms with E-state index in [0.717, 1.165) is 0 Å². The number of hydrogen-bond donors (Lipinski definition) is 1. The third-order valence-corrected chi connectivity index (χ3v) is 4.26. The number of nitro groups is 1. The molecule has 1 N–H and O–H groups in total. The molecule has 0 aliphatic carbocycles. The molecular formula is C16H10N6O5S. The molecule has 0 saturated carbocycles. The molecule has 140 valence electrons. The molecule has 12 heteroatoms. The molecule has 1 fully saturated rings. The van der Waals surface area contributed by atoms with E-state index in [1.807, 2.05) is 18.2 Å². The van der Waals surface area contributed by atoms with E-state index in [1.54, 1.807) is 17.5 Å². The Hall–Kier alpha value is -3.90. The van der Waals surface area contributed by atoms with Gasteiger partial charge in [-0.3, -0.25) is 10.1 Å². The van der Waals surface area contributed by atoms with Gasteiger partial charge >= 0.3 is 11.9 Å². The summed E-state index contributed by atoms with van der Waals surface area (Å²) in [6, 6.07) is 11.7. The van der Waals surface area contributed by atoms with Crippen LogP contribution in [0.1, 0.15) is 0 Å². The van der Waals surface area contributed by atoms with Crippen LogP contribution >= 0.6 is 11.3 Å². The minimum atomic E-state index is -0.629. The first-order valence-corrected chi connectivity index (χ1v) is 8.63. The molecule has 4 rings (SSSR count). The molecule has 11 nitrogen and oxygen atoms in total. The largest absolute Gasteiger partial charge is 0.433 e. The molecule has 0 bridgehead atoms. The molecule has 1 aliphatic rings. The van der Waals surface area contributed by atoms with Crippen molar-refractivity contribution in [2.24, 2.45) is 10.2 Å². The second-order valence-electron chi connectivity index (χ2n) is 5.29. The molecule has 0 unspecified atom stereocenters. The third kappa shape index (κ3) is 3.49. The number of nitrogens with one attached hydrogen (secondary N) is 1. The average Bonchev–Trinajstić information content (AvgIpc) is 3.43. The van der Waals surface area contributed by atoms with Crippen LogP contribution in [0.15, 0.2) is 74.4 Å². The fraction of sp³-hybridized carbons (Fsp3) is 0. The molecule has 0 radical (unpaired) electrons. The lowest BCUT2D eigenvalue weighted by Gasteiger charge is -2.14. The summed E-state index contributed by atoms with van der Waals surface area (Å²) in [5, 5.41) is 21.8. The smallest absolute Gasteiger partial charge is 0.399 e. The molecule has 1 saturated heterocycles. The molecule has 3 heterocycles. The van der Waals surface area contributed by atoms with Crippen LogP contribution in [0.5, 0.6) is 0 Å². The van der Waals surface area contributed by atoms with Crippen molar-refractivity contribution in [1.82, 2.24) is 10.6 Å². The number of para-hydroxylation sites is 1. The molecule has 0 amide bonds. The Morgan fingerprint density at radius 2 is 2.07 bits per heavy atom. The highest BCUT2D eigenvalue weighted by Gasteiger charge is 2.29. The lowest BCUT2D eigenvalue weighted by molar-refractivity contribution is -0.401. The van der Waals surface area contributed by atoms with Crippen molar-refractivity contribution in [3.05, 3.63) is 69.9 Å². The van der Waals surface area contributed by atoms with Crippen LogP contribution in [0.25, 0.3) is 11.5 Å². The van der Waals surface area contributed by atoms with Gasteiger partial charge in [-0.2, -0.15) is 5.11 Å². The summed E-state index contributed by atoms with van der Waals surface area (Å²) in [6.07, 6.45) is 1.24. The van der Waals surface area contributed by atoms with Gasteiger partial charge in [0.15, 0.2) is 11.5 Å².